The summed E-state index contributed by atoms with van der Waals surface area (Å²) in [5, 5.41) is 2.84. The van der Waals surface area contributed by atoms with Gasteiger partial charge in [-0.3, -0.25) is 9.10 Å². The molecule has 6 heteroatoms. The van der Waals surface area contributed by atoms with Gasteiger partial charge in [-0.2, -0.15) is 0 Å². The van der Waals surface area contributed by atoms with Crippen LogP contribution in [0, 0.1) is 20.8 Å². The van der Waals surface area contributed by atoms with Crippen LogP contribution in [-0.4, -0.2) is 20.9 Å². The summed E-state index contributed by atoms with van der Waals surface area (Å²) in [6.45, 7) is 5.38. The molecule has 0 saturated carbocycles. The maximum atomic E-state index is 13.3. The van der Waals surface area contributed by atoms with Crippen LogP contribution < -0.4 is 9.62 Å². The molecule has 3 rings (SSSR count). The largest absolute Gasteiger partial charge is 0.324 e. The predicted octanol–water partition coefficient (Wildman–Crippen LogP) is 4.45. The van der Waals surface area contributed by atoms with Crippen molar-refractivity contribution in [3.63, 3.8) is 0 Å². The van der Waals surface area contributed by atoms with Crippen LogP contribution >= 0.6 is 0 Å². The van der Waals surface area contributed by atoms with Crippen molar-refractivity contribution in [2.75, 3.05) is 16.2 Å². The molecule has 0 aromatic heterocycles. The summed E-state index contributed by atoms with van der Waals surface area (Å²) >= 11 is 0. The Labute approximate surface area is 172 Å². The third kappa shape index (κ3) is 4.66. The number of carbonyl (C=O) groups excluding carboxylic acids is 1. The Kier molecular flexibility index (Phi) is 6.03. The van der Waals surface area contributed by atoms with Crippen molar-refractivity contribution in [3.8, 4) is 0 Å². The summed E-state index contributed by atoms with van der Waals surface area (Å²) in [7, 11) is -3.91. The molecule has 0 radical (unpaired) electrons. The molecule has 150 valence electrons. The third-order valence-electron chi connectivity index (χ3n) is 4.66. The number of amides is 1. The van der Waals surface area contributed by atoms with Gasteiger partial charge in [0.05, 0.1) is 10.6 Å². The lowest BCUT2D eigenvalue weighted by Gasteiger charge is -2.25. The molecule has 1 amide bonds. The maximum absolute atomic E-state index is 13.3. The van der Waals surface area contributed by atoms with E-state index in [0.29, 0.717) is 11.4 Å². The molecule has 0 saturated heterocycles. The fraction of sp³-hybridized carbons (Fsp3) is 0.174. The zero-order valence-electron chi connectivity index (χ0n) is 16.7. The number of carbonyl (C=O) groups is 1. The number of nitrogens with zero attached hydrogens (tertiary/aromatic N) is 1. The van der Waals surface area contributed by atoms with Gasteiger partial charge in [-0.15, -0.1) is 0 Å². The van der Waals surface area contributed by atoms with Crippen LogP contribution in [0.4, 0.5) is 11.4 Å². The maximum Gasteiger partial charge on any atom is 0.264 e. The molecule has 29 heavy (non-hydrogen) atoms. The van der Waals surface area contributed by atoms with Crippen LogP contribution in [0.5, 0.6) is 0 Å². The molecule has 3 aromatic carbocycles. The van der Waals surface area contributed by atoms with Gasteiger partial charge in [0.15, 0.2) is 0 Å². The molecule has 3 aromatic rings. The van der Waals surface area contributed by atoms with Crippen molar-refractivity contribution in [2.45, 2.75) is 25.7 Å². The van der Waals surface area contributed by atoms with Gasteiger partial charge in [0.25, 0.3) is 10.0 Å². The van der Waals surface area contributed by atoms with E-state index in [9.17, 15) is 13.2 Å². The quantitative estimate of drug-likeness (QED) is 0.655. The van der Waals surface area contributed by atoms with Gasteiger partial charge < -0.3 is 5.32 Å². The van der Waals surface area contributed by atoms with Crippen molar-refractivity contribution in [3.05, 3.63) is 89.5 Å². The van der Waals surface area contributed by atoms with Gasteiger partial charge >= 0.3 is 0 Å². The molecule has 0 unspecified atom stereocenters. The van der Waals surface area contributed by atoms with Crippen LogP contribution in [0.3, 0.4) is 0 Å². The lowest BCUT2D eigenvalue weighted by molar-refractivity contribution is -0.114. The molecule has 0 bridgehead atoms. The molecule has 0 aliphatic rings. The average Bonchev–Trinajstić information content (AvgIpc) is 2.69. The summed E-state index contributed by atoms with van der Waals surface area (Å²) in [5.41, 5.74) is 3.93. The van der Waals surface area contributed by atoms with Crippen molar-refractivity contribution < 1.29 is 13.2 Å². The average molecular weight is 409 g/mol. The monoisotopic (exact) mass is 408 g/mol. The van der Waals surface area contributed by atoms with E-state index in [-0.39, 0.29) is 11.4 Å². The van der Waals surface area contributed by atoms with E-state index >= 15 is 0 Å². The number of sulfonamides is 1. The highest BCUT2D eigenvalue weighted by molar-refractivity contribution is 7.92. The van der Waals surface area contributed by atoms with Gasteiger partial charge in [0.1, 0.15) is 6.54 Å². The Hall–Kier alpha value is -3.12. The van der Waals surface area contributed by atoms with E-state index < -0.39 is 15.9 Å². The molecule has 0 atom stereocenters. The Balaban J connectivity index is 1.96. The summed E-state index contributed by atoms with van der Waals surface area (Å²) in [6.07, 6.45) is 0. The SMILES string of the molecule is Cc1ccc(NC(=O)CN(c2ccccc2C)S(=O)(=O)c2ccccc2)c(C)c1. The molecule has 0 fully saturated rings. The highest BCUT2D eigenvalue weighted by atomic mass is 32.2. The van der Waals surface area contributed by atoms with Crippen molar-refractivity contribution in [1.29, 1.82) is 0 Å². The van der Waals surface area contributed by atoms with Crippen LogP contribution in [0.25, 0.3) is 0 Å². The predicted molar refractivity (Wildman–Crippen MR) is 117 cm³/mol. The Morgan fingerprint density at radius 2 is 1.52 bits per heavy atom. The van der Waals surface area contributed by atoms with Crippen molar-refractivity contribution in [2.24, 2.45) is 0 Å². The summed E-state index contributed by atoms with van der Waals surface area (Å²) in [5.74, 6) is -0.403. The van der Waals surface area contributed by atoms with E-state index in [4.69, 9.17) is 0 Å². The highest BCUT2D eigenvalue weighted by Crippen LogP contribution is 2.27. The first-order valence-corrected chi connectivity index (χ1v) is 10.7. The normalized spacial score (nSPS) is 11.1. The smallest absolute Gasteiger partial charge is 0.264 e. The van der Waals surface area contributed by atoms with Crippen molar-refractivity contribution in [1.82, 2.24) is 0 Å². The minimum Gasteiger partial charge on any atom is -0.324 e. The number of para-hydroxylation sites is 1. The molecule has 5 nitrogen and oxygen atoms in total. The topological polar surface area (TPSA) is 66.5 Å². The van der Waals surface area contributed by atoms with Gasteiger partial charge in [-0.05, 0) is 56.2 Å². The fourth-order valence-corrected chi connectivity index (χ4v) is 4.64. The third-order valence-corrected chi connectivity index (χ3v) is 6.43. The number of nitrogens with one attached hydrogen (secondary N) is 1. The number of benzene rings is 3. The fourth-order valence-electron chi connectivity index (χ4n) is 3.14. The molecule has 0 aliphatic heterocycles. The molecule has 0 aliphatic carbocycles. The van der Waals surface area contributed by atoms with Gasteiger partial charge in [0.2, 0.25) is 5.91 Å². The zero-order valence-corrected chi connectivity index (χ0v) is 17.5. The van der Waals surface area contributed by atoms with E-state index in [0.717, 1.165) is 21.0 Å². The number of aryl methyl sites for hydroxylation is 3. The van der Waals surface area contributed by atoms with Gasteiger partial charge in [-0.25, -0.2) is 8.42 Å². The Morgan fingerprint density at radius 3 is 2.17 bits per heavy atom. The second-order valence-corrected chi connectivity index (χ2v) is 8.84. The van der Waals surface area contributed by atoms with Crippen molar-refractivity contribution >= 4 is 27.3 Å². The summed E-state index contributed by atoms with van der Waals surface area (Å²) < 4.78 is 27.8. The molecule has 1 N–H and O–H groups in total. The lowest BCUT2D eigenvalue weighted by Crippen LogP contribution is -2.38. The Morgan fingerprint density at radius 1 is 0.862 bits per heavy atom. The first-order valence-electron chi connectivity index (χ1n) is 9.29. The van der Waals surface area contributed by atoms with Crippen LogP contribution in [0.2, 0.25) is 0 Å². The number of hydrogen-bond acceptors (Lipinski definition) is 3. The first kappa shape index (κ1) is 20.6. The molecular weight excluding hydrogens is 384 g/mol. The second kappa shape index (κ2) is 8.49. The van der Waals surface area contributed by atoms with E-state index in [2.05, 4.69) is 5.32 Å². The summed E-state index contributed by atoms with van der Waals surface area (Å²) in [6, 6.07) is 21.0. The number of hydrogen-bond donors (Lipinski definition) is 1. The van der Waals surface area contributed by atoms with Gasteiger partial charge in [0, 0.05) is 5.69 Å². The number of anilines is 2. The minimum atomic E-state index is -3.91. The standard InChI is InChI=1S/C23H24N2O3S/c1-17-13-14-21(19(3)15-17)24-23(26)16-25(22-12-8-7-9-18(22)2)29(27,28)20-10-5-4-6-11-20/h4-15H,16H2,1-3H3,(H,24,26). The van der Waals surface area contributed by atoms with Crippen LogP contribution in [0.15, 0.2) is 77.7 Å². The number of rotatable bonds is 6. The Bertz CT molecular complexity index is 1130. The van der Waals surface area contributed by atoms with Crippen LogP contribution in [0.1, 0.15) is 16.7 Å². The summed E-state index contributed by atoms with van der Waals surface area (Å²) in [4.78, 5) is 12.9. The zero-order chi connectivity index (χ0) is 21.0. The van der Waals surface area contributed by atoms with Crippen LogP contribution in [-0.2, 0) is 14.8 Å². The van der Waals surface area contributed by atoms with E-state index in [1.54, 1.807) is 30.3 Å². The lowest BCUT2D eigenvalue weighted by atomic mass is 10.1. The van der Waals surface area contributed by atoms with E-state index in [1.807, 2.05) is 51.1 Å². The first-order chi connectivity index (χ1) is 13.8. The molecule has 0 spiro atoms. The molecule has 0 heterocycles. The second-order valence-electron chi connectivity index (χ2n) is 6.98. The molecular formula is C23H24N2O3S. The minimum absolute atomic E-state index is 0.141. The van der Waals surface area contributed by atoms with E-state index in [1.165, 1.54) is 12.1 Å². The van der Waals surface area contributed by atoms with Gasteiger partial charge in [-0.1, -0.05) is 54.1 Å². The highest BCUT2D eigenvalue weighted by Gasteiger charge is 2.28.